The highest BCUT2D eigenvalue weighted by molar-refractivity contribution is 5.85. The summed E-state index contributed by atoms with van der Waals surface area (Å²) in [6, 6.07) is 14.2. The molecule has 0 fully saturated rings. The third-order valence-electron chi connectivity index (χ3n) is 4.20. The number of ether oxygens (including phenoxy) is 3. The number of hydrogen-bond acceptors (Lipinski definition) is 5. The lowest BCUT2D eigenvalue weighted by Crippen LogP contribution is -2.31. The number of halogens is 1. The van der Waals surface area contributed by atoms with Gasteiger partial charge in [-0.2, -0.15) is 0 Å². The normalized spacial score (nSPS) is 10.3. The molecule has 144 valence electrons. The van der Waals surface area contributed by atoms with Crippen molar-refractivity contribution in [1.29, 1.82) is 0 Å². The first-order valence-corrected chi connectivity index (χ1v) is 8.47. The van der Waals surface area contributed by atoms with Crippen LogP contribution in [0.25, 0.3) is 0 Å². The number of nitrogens with two attached hydrogens (primary N) is 1. The number of benzene rings is 2. The van der Waals surface area contributed by atoms with Gasteiger partial charge >= 0.3 is 0 Å². The van der Waals surface area contributed by atoms with Gasteiger partial charge < -0.3 is 19.9 Å². The molecule has 0 saturated carbocycles. The maximum Gasteiger partial charge on any atom is 0.130 e. The van der Waals surface area contributed by atoms with Gasteiger partial charge in [-0.3, -0.25) is 4.90 Å². The molecule has 2 aromatic carbocycles. The molecule has 2 rings (SSSR count). The Hall–Kier alpha value is -1.95. The largest absolute Gasteiger partial charge is 0.496 e. The van der Waals surface area contributed by atoms with Crippen LogP contribution in [0.5, 0.6) is 17.2 Å². The first-order valence-electron chi connectivity index (χ1n) is 8.47. The fourth-order valence-electron chi connectivity index (χ4n) is 2.84. The van der Waals surface area contributed by atoms with Crippen LogP contribution in [0, 0.1) is 0 Å². The van der Waals surface area contributed by atoms with Crippen molar-refractivity contribution in [3.05, 3.63) is 53.6 Å². The average molecular weight is 381 g/mol. The molecule has 6 heteroatoms. The molecule has 0 aromatic heterocycles. The van der Waals surface area contributed by atoms with E-state index in [4.69, 9.17) is 19.9 Å². The van der Waals surface area contributed by atoms with Crippen LogP contribution in [0.2, 0.25) is 0 Å². The van der Waals surface area contributed by atoms with E-state index in [1.54, 1.807) is 21.3 Å². The van der Waals surface area contributed by atoms with Crippen LogP contribution in [0.4, 0.5) is 0 Å². The molecular weight excluding hydrogens is 352 g/mol. The van der Waals surface area contributed by atoms with Crippen molar-refractivity contribution in [2.45, 2.75) is 13.0 Å². The Labute approximate surface area is 162 Å². The molecular formula is C20H29ClN2O3. The van der Waals surface area contributed by atoms with Crippen LogP contribution in [-0.2, 0) is 13.0 Å². The summed E-state index contributed by atoms with van der Waals surface area (Å²) in [5.41, 5.74) is 8.14. The Morgan fingerprint density at radius 1 is 0.885 bits per heavy atom. The standard InChI is InChI=1S/C20H28N2O3.ClH/c1-23-17-13-19(24-2)18(20(14-17)25-3)15-22(12-10-21)11-9-16-7-5-4-6-8-16;/h4-8,13-14H,9-12,15,21H2,1-3H3;1H. The molecule has 0 unspecified atom stereocenters. The van der Waals surface area contributed by atoms with Gasteiger partial charge in [-0.1, -0.05) is 30.3 Å². The van der Waals surface area contributed by atoms with Gasteiger partial charge in [0.05, 0.1) is 26.9 Å². The van der Waals surface area contributed by atoms with Crippen molar-refractivity contribution in [2.75, 3.05) is 41.0 Å². The van der Waals surface area contributed by atoms with Crippen LogP contribution >= 0.6 is 12.4 Å². The summed E-state index contributed by atoms with van der Waals surface area (Å²) in [7, 11) is 4.96. The molecule has 0 saturated heterocycles. The Morgan fingerprint density at radius 3 is 2.00 bits per heavy atom. The second-order valence-electron chi connectivity index (χ2n) is 5.81. The highest BCUT2D eigenvalue weighted by Gasteiger charge is 2.16. The van der Waals surface area contributed by atoms with E-state index in [2.05, 4.69) is 29.2 Å². The zero-order valence-corrected chi connectivity index (χ0v) is 16.6. The molecule has 0 radical (unpaired) electrons. The number of nitrogens with zero attached hydrogens (tertiary/aromatic N) is 1. The van der Waals surface area contributed by atoms with E-state index < -0.39 is 0 Å². The Kier molecular flexibility index (Phi) is 9.88. The van der Waals surface area contributed by atoms with Crippen molar-refractivity contribution in [3.8, 4) is 17.2 Å². The molecule has 0 bridgehead atoms. The van der Waals surface area contributed by atoms with Crippen LogP contribution in [-0.4, -0.2) is 45.9 Å². The Bertz CT molecular complexity index is 628. The topological polar surface area (TPSA) is 57.0 Å². The van der Waals surface area contributed by atoms with E-state index in [1.807, 2.05) is 18.2 Å². The minimum atomic E-state index is 0. The summed E-state index contributed by atoms with van der Waals surface area (Å²) in [5.74, 6) is 2.24. The highest BCUT2D eigenvalue weighted by Crippen LogP contribution is 2.34. The third kappa shape index (κ3) is 6.09. The molecule has 0 aliphatic heterocycles. The maximum absolute atomic E-state index is 5.81. The predicted molar refractivity (Wildman–Crippen MR) is 108 cm³/mol. The van der Waals surface area contributed by atoms with Crippen LogP contribution < -0.4 is 19.9 Å². The van der Waals surface area contributed by atoms with E-state index in [-0.39, 0.29) is 12.4 Å². The van der Waals surface area contributed by atoms with Gasteiger partial charge in [-0.05, 0) is 12.0 Å². The Balaban J connectivity index is 0.00000338. The first kappa shape index (κ1) is 22.1. The van der Waals surface area contributed by atoms with E-state index in [1.165, 1.54) is 5.56 Å². The molecule has 5 nitrogen and oxygen atoms in total. The number of rotatable bonds is 10. The zero-order valence-electron chi connectivity index (χ0n) is 15.7. The lowest BCUT2D eigenvalue weighted by Gasteiger charge is -2.24. The van der Waals surface area contributed by atoms with Gasteiger partial charge in [0.1, 0.15) is 17.2 Å². The van der Waals surface area contributed by atoms with Crippen molar-refractivity contribution in [3.63, 3.8) is 0 Å². The zero-order chi connectivity index (χ0) is 18.1. The average Bonchev–Trinajstić information content (AvgIpc) is 2.67. The first-order chi connectivity index (χ1) is 12.2. The van der Waals surface area contributed by atoms with Gasteiger partial charge in [0.2, 0.25) is 0 Å². The van der Waals surface area contributed by atoms with Gasteiger partial charge in [0, 0.05) is 38.3 Å². The SMILES string of the molecule is COc1cc(OC)c(CN(CCN)CCc2ccccc2)c(OC)c1.Cl. The summed E-state index contributed by atoms with van der Waals surface area (Å²) in [4.78, 5) is 2.32. The van der Waals surface area contributed by atoms with Crippen LogP contribution in [0.15, 0.2) is 42.5 Å². The summed E-state index contributed by atoms with van der Waals surface area (Å²) in [6.07, 6.45) is 0.974. The maximum atomic E-state index is 5.81. The predicted octanol–water partition coefficient (Wildman–Crippen LogP) is 3.14. The molecule has 0 heterocycles. The van der Waals surface area contributed by atoms with E-state index in [9.17, 15) is 0 Å². The summed E-state index contributed by atoms with van der Waals surface area (Å²) >= 11 is 0. The molecule has 0 spiro atoms. The second-order valence-corrected chi connectivity index (χ2v) is 5.81. The van der Waals surface area contributed by atoms with Gasteiger partial charge in [0.15, 0.2) is 0 Å². The number of methoxy groups -OCH3 is 3. The highest BCUT2D eigenvalue weighted by atomic mass is 35.5. The molecule has 0 amide bonds. The molecule has 0 aliphatic carbocycles. The summed E-state index contributed by atoms with van der Waals surface area (Å²) in [6.45, 7) is 3.04. The second kappa shape index (κ2) is 11.6. The van der Waals surface area contributed by atoms with Gasteiger partial charge in [0.25, 0.3) is 0 Å². The quantitative estimate of drug-likeness (QED) is 0.686. The molecule has 2 N–H and O–H groups in total. The van der Waals surface area contributed by atoms with Gasteiger partial charge in [-0.15, -0.1) is 12.4 Å². The number of hydrogen-bond donors (Lipinski definition) is 1. The van der Waals surface area contributed by atoms with Crippen LogP contribution in [0.3, 0.4) is 0 Å². The molecule has 0 atom stereocenters. The smallest absolute Gasteiger partial charge is 0.130 e. The minimum absolute atomic E-state index is 0. The Morgan fingerprint density at radius 2 is 1.50 bits per heavy atom. The summed E-state index contributed by atoms with van der Waals surface area (Å²) in [5, 5.41) is 0. The van der Waals surface area contributed by atoms with E-state index in [0.717, 1.165) is 36.6 Å². The third-order valence-corrected chi connectivity index (χ3v) is 4.20. The van der Waals surface area contributed by atoms with Crippen molar-refractivity contribution < 1.29 is 14.2 Å². The summed E-state index contributed by atoms with van der Waals surface area (Å²) < 4.78 is 16.4. The lowest BCUT2D eigenvalue weighted by molar-refractivity contribution is 0.264. The fraction of sp³-hybridized carbons (Fsp3) is 0.400. The van der Waals surface area contributed by atoms with E-state index in [0.29, 0.717) is 18.8 Å². The lowest BCUT2D eigenvalue weighted by atomic mass is 10.1. The van der Waals surface area contributed by atoms with Crippen molar-refractivity contribution in [1.82, 2.24) is 4.90 Å². The molecule has 2 aromatic rings. The monoisotopic (exact) mass is 380 g/mol. The molecule has 0 aliphatic rings. The fourth-order valence-corrected chi connectivity index (χ4v) is 2.84. The molecule has 26 heavy (non-hydrogen) atoms. The van der Waals surface area contributed by atoms with Crippen LogP contribution in [0.1, 0.15) is 11.1 Å². The minimum Gasteiger partial charge on any atom is -0.496 e. The van der Waals surface area contributed by atoms with Gasteiger partial charge in [-0.25, -0.2) is 0 Å². The van der Waals surface area contributed by atoms with Crippen molar-refractivity contribution >= 4 is 12.4 Å². The van der Waals surface area contributed by atoms with Crippen molar-refractivity contribution in [2.24, 2.45) is 5.73 Å². The van der Waals surface area contributed by atoms with E-state index >= 15 is 0 Å².